The summed E-state index contributed by atoms with van der Waals surface area (Å²) in [6, 6.07) is 13.9. The quantitative estimate of drug-likeness (QED) is 0.0480. The molecule has 1 fully saturated rings. The highest BCUT2D eigenvalue weighted by Crippen LogP contribution is 2.53. The normalized spacial score (nSPS) is 19.6. The summed E-state index contributed by atoms with van der Waals surface area (Å²) >= 11 is 0. The molecule has 1 atom stereocenters. The van der Waals surface area contributed by atoms with Crippen LogP contribution in [0.15, 0.2) is 65.3 Å². The third-order valence-corrected chi connectivity index (χ3v) is 7.26. The number of hydrogen-bond donors (Lipinski definition) is 0. The summed E-state index contributed by atoms with van der Waals surface area (Å²) in [5.41, 5.74) is 0.573. The van der Waals surface area contributed by atoms with Gasteiger partial charge in [0.05, 0.1) is 22.5 Å². The van der Waals surface area contributed by atoms with Crippen LogP contribution < -0.4 is 9.64 Å². The summed E-state index contributed by atoms with van der Waals surface area (Å²) < 4.78 is 11.2. The Morgan fingerprint density at radius 2 is 1.61 bits per heavy atom. The number of β-lactam (4-membered cyclic amide) rings is 1. The van der Waals surface area contributed by atoms with Gasteiger partial charge in [-0.2, -0.15) is 0 Å². The number of oxime groups is 1. The number of nitrogens with zero attached hydrogens (tertiary/aromatic N) is 3. The second-order valence-electron chi connectivity index (χ2n) is 10.4. The highest BCUT2D eigenvalue weighted by Gasteiger charge is 2.64. The van der Waals surface area contributed by atoms with Crippen LogP contribution in [0.25, 0.3) is 0 Å². The van der Waals surface area contributed by atoms with Crippen LogP contribution in [0.2, 0.25) is 0 Å². The number of allylic oxidation sites excluding steroid dienone is 1. The van der Waals surface area contributed by atoms with Gasteiger partial charge >= 0.3 is 11.9 Å². The number of hydrogen-bond acceptors (Lipinski definition) is 8. The molecule has 9 nitrogen and oxygen atoms in total. The Morgan fingerprint density at radius 3 is 2.32 bits per heavy atom. The lowest BCUT2D eigenvalue weighted by atomic mass is 9.81. The lowest BCUT2D eigenvalue weighted by Gasteiger charge is -2.51. The molecule has 0 saturated carbocycles. The predicted octanol–water partition coefficient (Wildman–Crippen LogP) is 5.27. The van der Waals surface area contributed by atoms with E-state index in [1.807, 2.05) is 19.1 Å². The summed E-state index contributed by atoms with van der Waals surface area (Å²) in [5, 5.41) is 4.22. The van der Waals surface area contributed by atoms with Crippen molar-refractivity contribution >= 4 is 29.2 Å². The number of esters is 2. The minimum atomic E-state index is -1.71. The van der Waals surface area contributed by atoms with Crippen LogP contribution in [0.5, 0.6) is 5.75 Å². The van der Waals surface area contributed by atoms with E-state index in [-0.39, 0.29) is 17.2 Å². The van der Waals surface area contributed by atoms with Crippen LogP contribution in [0.1, 0.15) is 64.0 Å². The molecule has 218 valence electrons. The molecule has 0 aliphatic carbocycles. The molecule has 0 bridgehead atoms. The zero-order chi connectivity index (χ0) is 29.4. The van der Waals surface area contributed by atoms with Gasteiger partial charge in [0, 0.05) is 6.54 Å². The summed E-state index contributed by atoms with van der Waals surface area (Å²) in [7, 11) is 0. The van der Waals surface area contributed by atoms with Crippen molar-refractivity contribution in [2.75, 3.05) is 31.1 Å². The van der Waals surface area contributed by atoms with Crippen molar-refractivity contribution in [1.29, 1.82) is 0 Å². The molecule has 2 aliphatic heterocycles. The van der Waals surface area contributed by atoms with Crippen molar-refractivity contribution in [2.24, 2.45) is 5.16 Å². The van der Waals surface area contributed by atoms with E-state index in [0.717, 1.165) is 31.6 Å². The summed E-state index contributed by atoms with van der Waals surface area (Å²) in [5.74, 6) is -2.59. The minimum Gasteiger partial charge on any atom is -0.421 e. The highest BCUT2D eigenvalue weighted by atomic mass is 16.6. The number of carbonyl (C=O) groups is 3. The Hall–Kier alpha value is -3.98. The molecule has 9 heteroatoms. The first-order chi connectivity index (χ1) is 19.8. The van der Waals surface area contributed by atoms with Gasteiger partial charge in [-0.25, -0.2) is 9.59 Å². The van der Waals surface area contributed by atoms with Crippen molar-refractivity contribution in [2.45, 2.75) is 65.5 Å². The first-order valence-electron chi connectivity index (χ1n) is 14.4. The number of fused-ring (bicyclic) bond motifs is 2. The summed E-state index contributed by atoms with van der Waals surface area (Å²) in [6.45, 7) is 11.5. The van der Waals surface area contributed by atoms with Crippen LogP contribution in [-0.4, -0.2) is 54.7 Å². The number of unbranched alkanes of at least 4 members (excludes halogenated alkanes) is 2. The monoisotopic (exact) mass is 561 g/mol. The Kier molecular flexibility index (Phi) is 9.94. The van der Waals surface area contributed by atoms with E-state index in [2.05, 4.69) is 23.9 Å². The first-order valence-corrected chi connectivity index (χ1v) is 14.4. The van der Waals surface area contributed by atoms with Crippen LogP contribution in [-0.2, 0) is 29.7 Å². The van der Waals surface area contributed by atoms with Crippen molar-refractivity contribution in [3.8, 4) is 5.75 Å². The lowest BCUT2D eigenvalue weighted by Crippen LogP contribution is -2.66. The number of carbonyl (C=O) groups excluding carboxylic acids is 3. The molecule has 4 rings (SSSR count). The lowest BCUT2D eigenvalue weighted by molar-refractivity contribution is -0.173. The fourth-order valence-corrected chi connectivity index (χ4v) is 5.14. The number of aryl methyl sites for hydroxylation is 1. The molecule has 2 aromatic carbocycles. The molecule has 41 heavy (non-hydrogen) atoms. The largest absolute Gasteiger partial charge is 0.422 e. The third-order valence-electron chi connectivity index (χ3n) is 7.26. The van der Waals surface area contributed by atoms with Crippen molar-refractivity contribution in [1.82, 2.24) is 4.90 Å². The third kappa shape index (κ3) is 6.35. The topological polar surface area (TPSA) is 97.7 Å². The molecule has 1 saturated heterocycles. The van der Waals surface area contributed by atoms with Gasteiger partial charge in [0.15, 0.2) is 0 Å². The van der Waals surface area contributed by atoms with E-state index >= 15 is 0 Å². The maximum Gasteiger partial charge on any atom is 0.422 e. The summed E-state index contributed by atoms with van der Waals surface area (Å²) in [6.07, 6.45) is 7.06. The van der Waals surface area contributed by atoms with E-state index < -0.39 is 17.7 Å². The van der Waals surface area contributed by atoms with Crippen molar-refractivity contribution in [3.05, 3.63) is 71.3 Å². The number of rotatable bonds is 13. The Morgan fingerprint density at radius 1 is 0.951 bits per heavy atom. The molecule has 0 radical (unpaired) electrons. The van der Waals surface area contributed by atoms with Crippen LogP contribution in [0.3, 0.4) is 0 Å². The molecule has 1 spiro atoms. The van der Waals surface area contributed by atoms with Gasteiger partial charge < -0.3 is 19.2 Å². The average Bonchev–Trinajstić information content (AvgIpc) is 3.08. The summed E-state index contributed by atoms with van der Waals surface area (Å²) in [4.78, 5) is 48.4. The van der Waals surface area contributed by atoms with Gasteiger partial charge in [0.25, 0.3) is 11.6 Å². The Labute approximate surface area is 241 Å². The maximum atomic E-state index is 13.7. The predicted molar refractivity (Wildman–Crippen MR) is 157 cm³/mol. The van der Waals surface area contributed by atoms with E-state index in [0.29, 0.717) is 23.6 Å². The second-order valence-corrected chi connectivity index (χ2v) is 10.4. The van der Waals surface area contributed by atoms with Crippen LogP contribution in [0.4, 0.5) is 5.69 Å². The molecule has 1 amide bonds. The molecule has 2 heterocycles. The maximum absolute atomic E-state index is 13.7. The fraction of sp³-hybridized carbons (Fsp3) is 0.438. The minimum absolute atomic E-state index is 0.141. The molecule has 0 N–H and O–H groups in total. The smallest absolute Gasteiger partial charge is 0.421 e. The van der Waals surface area contributed by atoms with E-state index in [1.165, 1.54) is 30.6 Å². The van der Waals surface area contributed by atoms with E-state index in [9.17, 15) is 14.4 Å². The van der Waals surface area contributed by atoms with E-state index in [1.54, 1.807) is 49.4 Å². The SMILES string of the molecule is CCCCN(CCCC)CCCO/N=C(C)/C=C1\C(=O)N(c2ccccc2C)C12OC(=O)C(=O)Oc1ccccc12. The van der Waals surface area contributed by atoms with Gasteiger partial charge in [-0.1, -0.05) is 62.2 Å². The van der Waals surface area contributed by atoms with Crippen LogP contribution in [0, 0.1) is 6.92 Å². The molecule has 2 aromatic rings. The number of ether oxygens (including phenoxy) is 2. The van der Waals surface area contributed by atoms with Gasteiger partial charge in [0.1, 0.15) is 12.4 Å². The van der Waals surface area contributed by atoms with Gasteiger partial charge in [0.2, 0.25) is 0 Å². The zero-order valence-electron chi connectivity index (χ0n) is 24.4. The van der Waals surface area contributed by atoms with Gasteiger partial charge in [-0.3, -0.25) is 9.69 Å². The van der Waals surface area contributed by atoms with Crippen LogP contribution >= 0.6 is 0 Å². The Balaban J connectivity index is 1.60. The molecule has 0 aromatic heterocycles. The molecule has 2 aliphatic rings. The first kappa shape index (κ1) is 30.0. The second kappa shape index (κ2) is 13.6. The van der Waals surface area contributed by atoms with Crippen molar-refractivity contribution < 1.29 is 28.7 Å². The number of amides is 1. The highest BCUT2D eigenvalue weighted by molar-refractivity contribution is 6.32. The Bertz CT molecular complexity index is 1330. The zero-order valence-corrected chi connectivity index (χ0v) is 24.4. The van der Waals surface area contributed by atoms with E-state index in [4.69, 9.17) is 14.3 Å². The number of anilines is 1. The molecular formula is C32H39N3O6. The van der Waals surface area contributed by atoms with Gasteiger partial charge in [-0.15, -0.1) is 0 Å². The standard InChI is InChI=1S/C32H39N3O6/c1-5-7-18-34(19-8-6-2)20-13-21-39-33-24(4)22-26-29(36)35(27-16-11-9-14-23(27)3)32(26)25-15-10-12-17-28(25)40-30(37)31(38)41-32/h9-12,14-17,22H,5-8,13,18-21H2,1-4H3/b26-22+,33-24+. The van der Waals surface area contributed by atoms with Gasteiger partial charge in [-0.05, 0) is 76.0 Å². The molecular weight excluding hydrogens is 522 g/mol. The molecule has 1 unspecified atom stereocenters. The average molecular weight is 562 g/mol. The number of benzene rings is 2. The fourth-order valence-electron chi connectivity index (χ4n) is 5.14. The van der Waals surface area contributed by atoms with Crippen molar-refractivity contribution in [3.63, 3.8) is 0 Å². The number of para-hydroxylation sites is 2.